The SMILES string of the molecule is NCCN(C(=O)C(Cl)(Cl)OC(=O)C(F)(F)F)c1cccc(-c2cc(-c3c(Cl)cccc3Cl)no2)c1. The van der Waals surface area contributed by atoms with E-state index in [1.54, 1.807) is 30.3 Å². The molecule has 0 aliphatic rings. The molecule has 0 aliphatic carbocycles. The Morgan fingerprint density at radius 3 is 2.29 bits per heavy atom. The first-order valence-corrected chi connectivity index (χ1v) is 11.1. The molecule has 0 aliphatic heterocycles. The fourth-order valence-corrected chi connectivity index (χ4v) is 3.89. The number of ether oxygens (including phenoxy) is 1. The van der Waals surface area contributed by atoms with E-state index in [0.717, 1.165) is 4.90 Å². The molecule has 0 spiro atoms. The second kappa shape index (κ2) is 10.6. The number of nitrogens with two attached hydrogens (primary N) is 1. The van der Waals surface area contributed by atoms with Crippen molar-refractivity contribution in [3.63, 3.8) is 0 Å². The number of benzene rings is 2. The van der Waals surface area contributed by atoms with Gasteiger partial charge in [0.05, 0.1) is 10.0 Å². The summed E-state index contributed by atoms with van der Waals surface area (Å²) < 4.78 is 43.9. The largest absolute Gasteiger partial charge is 0.491 e. The molecule has 1 amide bonds. The minimum atomic E-state index is -5.41. The molecule has 3 rings (SSSR count). The van der Waals surface area contributed by atoms with E-state index in [-0.39, 0.29) is 24.5 Å². The van der Waals surface area contributed by atoms with Gasteiger partial charge in [0, 0.05) is 36.0 Å². The van der Waals surface area contributed by atoms with Crippen molar-refractivity contribution in [3.8, 4) is 22.6 Å². The molecule has 1 aromatic heterocycles. The van der Waals surface area contributed by atoms with Gasteiger partial charge in [0.2, 0.25) is 0 Å². The molecular weight excluding hydrogens is 557 g/mol. The molecule has 186 valence electrons. The summed E-state index contributed by atoms with van der Waals surface area (Å²) in [6.45, 7) is -0.339. The maximum Gasteiger partial charge on any atom is 0.491 e. The van der Waals surface area contributed by atoms with Gasteiger partial charge in [-0.15, -0.1) is 0 Å². The highest BCUT2D eigenvalue weighted by Crippen LogP contribution is 2.37. The van der Waals surface area contributed by atoms with E-state index in [1.165, 1.54) is 18.2 Å². The summed E-state index contributed by atoms with van der Waals surface area (Å²) in [5.41, 5.74) is 6.88. The van der Waals surface area contributed by atoms with Crippen LogP contribution in [-0.4, -0.2) is 40.8 Å². The Kier molecular flexibility index (Phi) is 8.23. The average molecular weight is 571 g/mol. The lowest BCUT2D eigenvalue weighted by Crippen LogP contribution is -2.48. The summed E-state index contributed by atoms with van der Waals surface area (Å²) in [6, 6.07) is 12.5. The third-order valence-corrected chi connectivity index (χ3v) is 5.58. The molecule has 0 fully saturated rings. The monoisotopic (exact) mass is 569 g/mol. The van der Waals surface area contributed by atoms with Gasteiger partial charge in [-0.1, -0.05) is 46.6 Å². The van der Waals surface area contributed by atoms with E-state index in [2.05, 4.69) is 9.89 Å². The molecule has 0 saturated carbocycles. The number of esters is 1. The lowest BCUT2D eigenvalue weighted by Gasteiger charge is -2.28. The highest BCUT2D eigenvalue weighted by atomic mass is 35.5. The zero-order valence-electron chi connectivity index (χ0n) is 17.3. The molecule has 0 saturated heterocycles. The molecule has 0 atom stereocenters. The topological polar surface area (TPSA) is 98.7 Å². The Labute approximate surface area is 216 Å². The molecule has 3 aromatic rings. The molecule has 35 heavy (non-hydrogen) atoms. The highest BCUT2D eigenvalue weighted by Gasteiger charge is 2.50. The molecule has 14 heteroatoms. The van der Waals surface area contributed by atoms with Crippen molar-refractivity contribution in [2.45, 2.75) is 10.7 Å². The van der Waals surface area contributed by atoms with Crippen LogP contribution in [0.2, 0.25) is 10.0 Å². The van der Waals surface area contributed by atoms with E-state index >= 15 is 0 Å². The van der Waals surface area contributed by atoms with Crippen LogP contribution < -0.4 is 10.6 Å². The van der Waals surface area contributed by atoms with Gasteiger partial charge < -0.3 is 19.9 Å². The Bertz CT molecular complexity index is 1230. The van der Waals surface area contributed by atoms with Crippen LogP contribution in [0.15, 0.2) is 53.1 Å². The molecule has 7 nitrogen and oxygen atoms in total. The van der Waals surface area contributed by atoms with Gasteiger partial charge in [0.15, 0.2) is 5.76 Å². The van der Waals surface area contributed by atoms with Crippen LogP contribution in [0.5, 0.6) is 0 Å². The lowest BCUT2D eigenvalue weighted by molar-refractivity contribution is -0.203. The number of halogens is 7. The van der Waals surface area contributed by atoms with Crippen molar-refractivity contribution in [3.05, 3.63) is 58.6 Å². The van der Waals surface area contributed by atoms with Crippen LogP contribution in [-0.2, 0) is 14.3 Å². The zero-order chi connectivity index (χ0) is 26.0. The molecule has 0 unspecified atom stereocenters. The van der Waals surface area contributed by atoms with Crippen molar-refractivity contribution < 1.29 is 32.0 Å². The fraction of sp³-hybridized carbons (Fsp3) is 0.190. The molecule has 0 radical (unpaired) electrons. The standard InChI is InChI=1S/C21H14Cl4F3N3O4/c22-13-5-2-6-14(23)17(13)15-10-16(35-30-15)11-3-1-4-12(9-11)31(8-7-29)18(32)20(24,25)34-19(33)21(26,27)28/h1-6,9-10H,7-8,29H2. The van der Waals surface area contributed by atoms with Gasteiger partial charge >= 0.3 is 22.6 Å². The highest BCUT2D eigenvalue weighted by molar-refractivity contribution is 6.58. The van der Waals surface area contributed by atoms with E-state index in [9.17, 15) is 22.8 Å². The summed E-state index contributed by atoms with van der Waals surface area (Å²) in [5, 5.41) is 4.67. The second-order valence-electron chi connectivity index (χ2n) is 6.87. The van der Waals surface area contributed by atoms with E-state index in [0.29, 0.717) is 26.9 Å². The summed E-state index contributed by atoms with van der Waals surface area (Å²) in [4.78, 5) is 24.9. The van der Waals surface area contributed by atoms with E-state index < -0.39 is 22.6 Å². The number of nitrogens with zero attached hydrogens (tertiary/aromatic N) is 2. The van der Waals surface area contributed by atoms with E-state index in [1.807, 2.05) is 0 Å². The number of alkyl halides is 5. The van der Waals surface area contributed by atoms with Crippen molar-refractivity contribution in [2.24, 2.45) is 5.73 Å². The number of amides is 1. The van der Waals surface area contributed by atoms with Gasteiger partial charge in [-0.2, -0.15) is 13.2 Å². The number of anilines is 1. The summed E-state index contributed by atoms with van der Waals surface area (Å²) in [5.74, 6) is -3.84. The van der Waals surface area contributed by atoms with Gasteiger partial charge in [-0.05, 0) is 47.5 Å². The van der Waals surface area contributed by atoms with Crippen LogP contribution in [0.1, 0.15) is 0 Å². The first-order chi connectivity index (χ1) is 16.3. The van der Waals surface area contributed by atoms with Crippen LogP contribution in [0.25, 0.3) is 22.6 Å². The maximum atomic E-state index is 12.8. The Morgan fingerprint density at radius 2 is 1.69 bits per heavy atom. The Balaban J connectivity index is 1.93. The van der Waals surface area contributed by atoms with Gasteiger partial charge in [0.25, 0.3) is 0 Å². The van der Waals surface area contributed by atoms with Crippen molar-refractivity contribution >= 4 is 64.0 Å². The Morgan fingerprint density at radius 1 is 1.06 bits per heavy atom. The van der Waals surface area contributed by atoms with Crippen molar-refractivity contribution in [2.75, 3.05) is 18.0 Å². The first kappa shape index (κ1) is 27.1. The zero-order valence-corrected chi connectivity index (χ0v) is 20.3. The van der Waals surface area contributed by atoms with Crippen molar-refractivity contribution in [1.29, 1.82) is 0 Å². The molecule has 2 N–H and O–H groups in total. The number of rotatable bonds is 7. The van der Waals surface area contributed by atoms with Gasteiger partial charge in [-0.3, -0.25) is 4.79 Å². The predicted molar refractivity (Wildman–Crippen MR) is 125 cm³/mol. The molecular formula is C21H14Cl4F3N3O4. The first-order valence-electron chi connectivity index (χ1n) is 9.56. The third-order valence-electron chi connectivity index (χ3n) is 4.47. The summed E-state index contributed by atoms with van der Waals surface area (Å²) >= 11 is 23.7. The second-order valence-corrected chi connectivity index (χ2v) is 8.95. The minimum absolute atomic E-state index is 0.121. The van der Waals surface area contributed by atoms with Gasteiger partial charge in [-0.25, -0.2) is 4.79 Å². The average Bonchev–Trinajstić information content (AvgIpc) is 3.26. The van der Waals surface area contributed by atoms with Crippen LogP contribution in [0, 0.1) is 0 Å². The predicted octanol–water partition coefficient (Wildman–Crippen LogP) is 5.84. The van der Waals surface area contributed by atoms with Crippen molar-refractivity contribution in [1.82, 2.24) is 5.16 Å². The minimum Gasteiger partial charge on any atom is -0.413 e. The number of carbonyl (C=O) groups is 2. The van der Waals surface area contributed by atoms with Gasteiger partial charge in [0.1, 0.15) is 5.69 Å². The van der Waals surface area contributed by atoms with Crippen LogP contribution in [0.3, 0.4) is 0 Å². The van der Waals surface area contributed by atoms with Crippen LogP contribution >= 0.6 is 46.4 Å². The number of hydrogen-bond acceptors (Lipinski definition) is 6. The lowest BCUT2D eigenvalue weighted by atomic mass is 10.1. The molecule has 1 heterocycles. The third kappa shape index (κ3) is 6.20. The number of hydrogen-bond donors (Lipinski definition) is 1. The summed E-state index contributed by atoms with van der Waals surface area (Å²) in [6.07, 6.45) is -5.41. The maximum absolute atomic E-state index is 12.8. The number of carbonyl (C=O) groups excluding carboxylic acids is 2. The van der Waals surface area contributed by atoms with E-state index in [4.69, 9.17) is 56.7 Å². The Hall–Kier alpha value is -2.50. The smallest absolute Gasteiger partial charge is 0.413 e. The molecule has 2 aromatic carbocycles. The summed E-state index contributed by atoms with van der Waals surface area (Å²) in [7, 11) is 0. The number of aromatic nitrogens is 1. The normalized spacial score (nSPS) is 11.9. The molecule has 0 bridgehead atoms. The van der Waals surface area contributed by atoms with Crippen LogP contribution in [0.4, 0.5) is 18.9 Å². The fourth-order valence-electron chi connectivity index (χ4n) is 2.95. The quantitative estimate of drug-likeness (QED) is 0.283.